The number of nitriles is 1. The van der Waals surface area contributed by atoms with Crippen LogP contribution in [0.2, 0.25) is 0 Å². The van der Waals surface area contributed by atoms with Crippen LogP contribution in [0.3, 0.4) is 0 Å². The van der Waals surface area contributed by atoms with Crippen molar-refractivity contribution in [3.05, 3.63) is 28.0 Å². The molecular formula is C15H17BrFNO2. The van der Waals surface area contributed by atoms with E-state index in [9.17, 15) is 4.39 Å². The zero-order valence-electron chi connectivity index (χ0n) is 11.4. The summed E-state index contributed by atoms with van der Waals surface area (Å²) in [5.74, 6) is -0.0268. The normalized spacial score (nSPS) is 21.1. The van der Waals surface area contributed by atoms with Gasteiger partial charge in [0, 0.05) is 25.5 Å². The van der Waals surface area contributed by atoms with Gasteiger partial charge in [-0.3, -0.25) is 0 Å². The van der Waals surface area contributed by atoms with Crippen LogP contribution in [0, 0.1) is 17.1 Å². The lowest BCUT2D eigenvalue weighted by Crippen LogP contribution is -2.39. The molecule has 0 heterocycles. The average molecular weight is 342 g/mol. The predicted molar refractivity (Wildman–Crippen MR) is 77.1 cm³/mol. The van der Waals surface area contributed by atoms with Crippen molar-refractivity contribution in [1.29, 1.82) is 5.26 Å². The van der Waals surface area contributed by atoms with Gasteiger partial charge in [0.1, 0.15) is 17.9 Å². The fourth-order valence-electron chi connectivity index (χ4n) is 2.05. The van der Waals surface area contributed by atoms with Gasteiger partial charge in [-0.2, -0.15) is 5.26 Å². The van der Waals surface area contributed by atoms with Crippen molar-refractivity contribution in [1.82, 2.24) is 0 Å². The summed E-state index contributed by atoms with van der Waals surface area (Å²) in [5, 5.41) is 8.85. The van der Waals surface area contributed by atoms with Crippen LogP contribution < -0.4 is 4.74 Å². The molecule has 0 bridgehead atoms. The zero-order chi connectivity index (χ0) is 14.5. The van der Waals surface area contributed by atoms with Crippen LogP contribution in [0.1, 0.15) is 38.2 Å². The van der Waals surface area contributed by atoms with Crippen molar-refractivity contribution in [2.45, 2.75) is 44.8 Å². The highest BCUT2D eigenvalue weighted by Gasteiger charge is 2.31. The second-order valence-corrected chi connectivity index (χ2v) is 5.79. The first-order chi connectivity index (χ1) is 9.63. The second kappa shape index (κ2) is 7.05. The molecule has 0 radical (unpaired) electrons. The predicted octanol–water partition coefficient (Wildman–Crippen LogP) is 4.19. The minimum Gasteiger partial charge on any atom is -0.490 e. The van der Waals surface area contributed by atoms with Gasteiger partial charge in [0.2, 0.25) is 0 Å². The van der Waals surface area contributed by atoms with E-state index in [0.29, 0.717) is 5.75 Å². The van der Waals surface area contributed by atoms with E-state index in [2.05, 4.69) is 22.9 Å². The van der Waals surface area contributed by atoms with Gasteiger partial charge in [-0.15, -0.1) is 0 Å². The summed E-state index contributed by atoms with van der Waals surface area (Å²) in [4.78, 5) is 0. The first-order valence-corrected chi connectivity index (χ1v) is 7.60. The molecule has 3 nitrogen and oxygen atoms in total. The highest BCUT2D eigenvalue weighted by Crippen LogP contribution is 2.31. The number of benzene rings is 1. The van der Waals surface area contributed by atoms with Crippen LogP contribution in [0.25, 0.3) is 0 Å². The summed E-state index contributed by atoms with van der Waals surface area (Å²) >= 11 is 3.09. The van der Waals surface area contributed by atoms with Crippen molar-refractivity contribution in [2.75, 3.05) is 6.61 Å². The third-order valence-electron chi connectivity index (χ3n) is 3.33. The molecule has 1 aliphatic rings. The molecule has 5 heteroatoms. The third-order valence-corrected chi connectivity index (χ3v) is 3.90. The summed E-state index contributed by atoms with van der Waals surface area (Å²) in [5.41, 5.74) is -0.00977. The Balaban J connectivity index is 1.84. The van der Waals surface area contributed by atoms with E-state index < -0.39 is 5.82 Å². The van der Waals surface area contributed by atoms with Gasteiger partial charge in [0.15, 0.2) is 5.82 Å². The molecule has 2 rings (SSSR count). The van der Waals surface area contributed by atoms with E-state index >= 15 is 0 Å². The molecule has 1 aromatic carbocycles. The molecule has 1 saturated carbocycles. The van der Waals surface area contributed by atoms with Gasteiger partial charge in [-0.05, 0) is 28.4 Å². The largest absolute Gasteiger partial charge is 0.490 e. The van der Waals surface area contributed by atoms with E-state index in [0.717, 1.165) is 32.3 Å². The summed E-state index contributed by atoms with van der Waals surface area (Å²) < 4.78 is 25.2. The highest BCUT2D eigenvalue weighted by molar-refractivity contribution is 9.10. The quantitative estimate of drug-likeness (QED) is 0.728. The Morgan fingerprint density at radius 3 is 2.80 bits per heavy atom. The Hall–Kier alpha value is -1.12. The number of unbranched alkanes of at least 4 members (excludes halogenated alkanes) is 1. The first kappa shape index (κ1) is 15.3. The van der Waals surface area contributed by atoms with Crippen molar-refractivity contribution in [2.24, 2.45) is 0 Å². The van der Waals surface area contributed by atoms with Gasteiger partial charge in [-0.25, -0.2) is 4.39 Å². The lowest BCUT2D eigenvalue weighted by Gasteiger charge is -2.35. The number of halogens is 2. The van der Waals surface area contributed by atoms with Gasteiger partial charge < -0.3 is 9.47 Å². The number of rotatable bonds is 6. The number of ether oxygens (including phenoxy) is 2. The number of hydrogen-bond donors (Lipinski definition) is 0. The van der Waals surface area contributed by atoms with E-state index in [1.54, 1.807) is 6.07 Å². The van der Waals surface area contributed by atoms with E-state index in [4.69, 9.17) is 14.7 Å². The summed E-state index contributed by atoms with van der Waals surface area (Å²) in [7, 11) is 0. The summed E-state index contributed by atoms with van der Waals surface area (Å²) in [6, 6.07) is 4.81. The van der Waals surface area contributed by atoms with Gasteiger partial charge in [-0.1, -0.05) is 13.3 Å². The zero-order valence-corrected chi connectivity index (χ0v) is 13.0. The maximum absolute atomic E-state index is 13.5. The van der Waals surface area contributed by atoms with Crippen LogP contribution in [-0.4, -0.2) is 18.8 Å². The molecule has 0 unspecified atom stereocenters. The van der Waals surface area contributed by atoms with E-state index in [-0.39, 0.29) is 22.2 Å². The molecule has 0 N–H and O–H groups in total. The second-order valence-electron chi connectivity index (χ2n) is 4.94. The van der Waals surface area contributed by atoms with Crippen LogP contribution in [0.5, 0.6) is 5.75 Å². The van der Waals surface area contributed by atoms with Gasteiger partial charge in [0.05, 0.1) is 16.1 Å². The molecule has 0 aliphatic heterocycles. The van der Waals surface area contributed by atoms with Gasteiger partial charge in [0.25, 0.3) is 0 Å². The van der Waals surface area contributed by atoms with Crippen LogP contribution in [0.4, 0.5) is 4.39 Å². The summed E-state index contributed by atoms with van der Waals surface area (Å²) in [6.45, 7) is 2.93. The average Bonchev–Trinajstić information content (AvgIpc) is 2.39. The Kier molecular flexibility index (Phi) is 5.38. The smallest absolute Gasteiger partial charge is 0.155 e. The summed E-state index contributed by atoms with van der Waals surface area (Å²) in [6.07, 6.45) is 4.27. The number of hydrogen-bond acceptors (Lipinski definition) is 3. The van der Waals surface area contributed by atoms with Crippen LogP contribution in [0.15, 0.2) is 16.6 Å². The molecule has 108 valence electrons. The molecule has 0 saturated heterocycles. The van der Waals surface area contributed by atoms with Crippen molar-refractivity contribution in [3.63, 3.8) is 0 Å². The molecule has 1 fully saturated rings. The van der Waals surface area contributed by atoms with E-state index in [1.807, 2.05) is 6.07 Å². The topological polar surface area (TPSA) is 42.2 Å². The van der Waals surface area contributed by atoms with Gasteiger partial charge >= 0.3 is 0 Å². The monoisotopic (exact) mass is 341 g/mol. The fraction of sp³-hybridized carbons (Fsp3) is 0.533. The van der Waals surface area contributed by atoms with E-state index in [1.165, 1.54) is 6.07 Å². The molecule has 0 atom stereocenters. The Morgan fingerprint density at radius 2 is 2.15 bits per heavy atom. The molecule has 1 aromatic rings. The van der Waals surface area contributed by atoms with Crippen molar-refractivity contribution in [3.8, 4) is 11.8 Å². The molecule has 0 aromatic heterocycles. The molecule has 0 amide bonds. The van der Waals surface area contributed by atoms with Crippen LogP contribution in [-0.2, 0) is 4.74 Å². The third kappa shape index (κ3) is 3.71. The maximum atomic E-state index is 13.5. The van der Waals surface area contributed by atoms with Crippen LogP contribution >= 0.6 is 15.9 Å². The Bertz CT molecular complexity index is 509. The van der Waals surface area contributed by atoms with Crippen molar-refractivity contribution < 1.29 is 13.9 Å². The molecular weight excluding hydrogens is 325 g/mol. The lowest BCUT2D eigenvalue weighted by molar-refractivity contribution is -0.0613. The molecule has 20 heavy (non-hydrogen) atoms. The number of nitrogens with zero attached hydrogens (tertiary/aromatic N) is 1. The molecule has 1 aliphatic carbocycles. The Morgan fingerprint density at radius 1 is 1.40 bits per heavy atom. The fourth-order valence-corrected chi connectivity index (χ4v) is 2.49. The van der Waals surface area contributed by atoms with Crippen molar-refractivity contribution >= 4 is 15.9 Å². The first-order valence-electron chi connectivity index (χ1n) is 6.81. The maximum Gasteiger partial charge on any atom is 0.155 e. The SMILES string of the molecule is CCCCOC1CC(Oc2cc(Br)c(F)c(C#N)c2)C1. The minimum absolute atomic E-state index is 0.00977. The lowest BCUT2D eigenvalue weighted by atomic mass is 9.92. The standard InChI is InChI=1S/C15H17BrFNO2/c1-2-3-4-19-11-6-13(7-11)20-12-5-10(9-18)15(17)14(16)8-12/h5,8,11,13H,2-4,6-7H2,1H3. The molecule has 0 spiro atoms. The minimum atomic E-state index is -0.547. The highest BCUT2D eigenvalue weighted by atomic mass is 79.9. The Labute approximate surface area is 126 Å².